The van der Waals surface area contributed by atoms with Gasteiger partial charge in [-0.15, -0.1) is 11.3 Å². The van der Waals surface area contributed by atoms with Crippen LogP contribution in [-0.2, 0) is 10.1 Å². The number of hydrogen-bond acceptors (Lipinski definition) is 3. The molecule has 0 bridgehead atoms. The Hall–Kier alpha value is -0.210. The SMILES string of the molecule is CCC(c1ccc(S(=O)(=O)O)cc1)c1cc(Br)sc1Br. The van der Waals surface area contributed by atoms with Crippen molar-refractivity contribution in [2.75, 3.05) is 0 Å². The fourth-order valence-corrected chi connectivity index (χ4v) is 5.55. The third-order valence-electron chi connectivity index (χ3n) is 3.05. The highest BCUT2D eigenvalue weighted by molar-refractivity contribution is 9.12. The van der Waals surface area contributed by atoms with Crippen molar-refractivity contribution < 1.29 is 13.0 Å². The van der Waals surface area contributed by atoms with Crippen molar-refractivity contribution in [1.82, 2.24) is 0 Å². The second-order valence-electron chi connectivity index (χ2n) is 4.28. The van der Waals surface area contributed by atoms with Crippen LogP contribution in [0.1, 0.15) is 30.4 Å². The molecular weight excluding hydrogens is 428 g/mol. The van der Waals surface area contributed by atoms with Gasteiger partial charge in [0.1, 0.15) is 0 Å². The van der Waals surface area contributed by atoms with Crippen LogP contribution in [0.25, 0.3) is 0 Å². The summed E-state index contributed by atoms with van der Waals surface area (Å²) < 4.78 is 33.2. The van der Waals surface area contributed by atoms with Crippen molar-refractivity contribution in [1.29, 1.82) is 0 Å². The standard InChI is InChI=1S/C13H12Br2O3S2/c1-2-10(11-7-12(14)19-13(11)15)8-3-5-9(6-4-8)20(16,17)18/h3-7,10H,2H2,1H3,(H,16,17,18). The van der Waals surface area contributed by atoms with Gasteiger partial charge in [-0.2, -0.15) is 8.42 Å². The summed E-state index contributed by atoms with van der Waals surface area (Å²) in [6, 6.07) is 8.43. The fraction of sp³-hybridized carbons (Fsp3) is 0.231. The summed E-state index contributed by atoms with van der Waals surface area (Å²) in [6.45, 7) is 2.08. The second-order valence-corrected chi connectivity index (χ2v) is 9.46. The van der Waals surface area contributed by atoms with Gasteiger partial charge in [-0.05, 0) is 67.6 Å². The maximum atomic E-state index is 11.1. The Balaban J connectivity index is 2.40. The lowest BCUT2D eigenvalue weighted by Crippen LogP contribution is -2.01. The van der Waals surface area contributed by atoms with Crippen molar-refractivity contribution in [3.8, 4) is 0 Å². The van der Waals surface area contributed by atoms with Gasteiger partial charge in [-0.25, -0.2) is 0 Å². The third-order valence-corrected chi connectivity index (χ3v) is 6.30. The zero-order valence-corrected chi connectivity index (χ0v) is 15.3. The minimum atomic E-state index is -4.14. The third kappa shape index (κ3) is 3.51. The van der Waals surface area contributed by atoms with Crippen LogP contribution in [0.3, 0.4) is 0 Å². The predicted octanol–water partition coefficient (Wildman–Crippen LogP) is 5.06. The van der Waals surface area contributed by atoms with E-state index in [2.05, 4.69) is 44.8 Å². The van der Waals surface area contributed by atoms with Crippen molar-refractivity contribution >= 4 is 53.3 Å². The van der Waals surface area contributed by atoms with E-state index in [9.17, 15) is 8.42 Å². The Bertz CT molecular complexity index is 706. The van der Waals surface area contributed by atoms with Gasteiger partial charge in [-0.3, -0.25) is 4.55 Å². The molecule has 1 aromatic carbocycles. The van der Waals surface area contributed by atoms with Crippen LogP contribution < -0.4 is 0 Å². The van der Waals surface area contributed by atoms with Gasteiger partial charge >= 0.3 is 0 Å². The van der Waals surface area contributed by atoms with Crippen molar-refractivity contribution in [2.24, 2.45) is 0 Å². The van der Waals surface area contributed by atoms with Crippen LogP contribution in [0.4, 0.5) is 0 Å². The number of benzene rings is 1. The Morgan fingerprint density at radius 3 is 2.25 bits per heavy atom. The molecule has 7 heteroatoms. The summed E-state index contributed by atoms with van der Waals surface area (Å²) in [6.07, 6.45) is 0.896. The first-order chi connectivity index (χ1) is 9.32. The minimum Gasteiger partial charge on any atom is -0.282 e. The summed E-state index contributed by atoms with van der Waals surface area (Å²) >= 11 is 8.63. The lowest BCUT2D eigenvalue weighted by Gasteiger charge is -2.15. The van der Waals surface area contributed by atoms with Gasteiger partial charge < -0.3 is 0 Å². The van der Waals surface area contributed by atoms with E-state index in [1.807, 2.05) is 0 Å². The molecule has 0 spiro atoms. The lowest BCUT2D eigenvalue weighted by atomic mass is 9.91. The normalized spacial score (nSPS) is 13.4. The quantitative estimate of drug-likeness (QED) is 0.677. The van der Waals surface area contributed by atoms with Gasteiger partial charge in [-0.1, -0.05) is 19.1 Å². The highest BCUT2D eigenvalue weighted by Gasteiger charge is 2.18. The van der Waals surface area contributed by atoms with E-state index in [1.165, 1.54) is 17.7 Å². The molecule has 1 atom stereocenters. The van der Waals surface area contributed by atoms with Crippen LogP contribution in [0, 0.1) is 0 Å². The molecule has 0 radical (unpaired) electrons. The average molecular weight is 440 g/mol. The first-order valence-electron chi connectivity index (χ1n) is 5.85. The van der Waals surface area contributed by atoms with Crippen LogP contribution >= 0.6 is 43.2 Å². The van der Waals surface area contributed by atoms with E-state index in [1.54, 1.807) is 23.5 Å². The van der Waals surface area contributed by atoms with Gasteiger partial charge in [0.25, 0.3) is 10.1 Å². The van der Waals surface area contributed by atoms with Crippen molar-refractivity contribution in [3.05, 3.63) is 49.0 Å². The second kappa shape index (κ2) is 6.27. The van der Waals surface area contributed by atoms with Crippen molar-refractivity contribution in [3.63, 3.8) is 0 Å². The summed E-state index contributed by atoms with van der Waals surface area (Å²) in [5.74, 6) is 0.183. The summed E-state index contributed by atoms with van der Waals surface area (Å²) in [4.78, 5) is -0.0818. The Morgan fingerprint density at radius 2 is 1.85 bits per heavy atom. The molecule has 0 amide bonds. The Morgan fingerprint density at radius 1 is 1.25 bits per heavy atom. The number of thiophene rings is 1. The van der Waals surface area contributed by atoms with E-state index in [0.29, 0.717) is 0 Å². The van der Waals surface area contributed by atoms with E-state index in [0.717, 1.165) is 19.6 Å². The molecule has 20 heavy (non-hydrogen) atoms. The molecule has 3 nitrogen and oxygen atoms in total. The Labute approximate surface area is 139 Å². The predicted molar refractivity (Wildman–Crippen MR) is 88.1 cm³/mol. The number of halogens is 2. The molecule has 0 saturated carbocycles. The van der Waals surface area contributed by atoms with Gasteiger partial charge in [0.15, 0.2) is 0 Å². The zero-order valence-electron chi connectivity index (χ0n) is 10.5. The molecule has 0 aliphatic heterocycles. The summed E-state index contributed by atoms with van der Waals surface area (Å²) in [5, 5.41) is 0. The largest absolute Gasteiger partial charge is 0.294 e. The lowest BCUT2D eigenvalue weighted by molar-refractivity contribution is 0.483. The molecule has 1 unspecified atom stereocenters. The average Bonchev–Trinajstić information content (AvgIpc) is 2.69. The van der Waals surface area contributed by atoms with Crippen LogP contribution in [0.5, 0.6) is 0 Å². The fourth-order valence-electron chi connectivity index (χ4n) is 2.10. The highest BCUT2D eigenvalue weighted by Crippen LogP contribution is 2.40. The topological polar surface area (TPSA) is 54.4 Å². The molecule has 1 N–H and O–H groups in total. The van der Waals surface area contributed by atoms with E-state index in [-0.39, 0.29) is 10.8 Å². The van der Waals surface area contributed by atoms with Crippen LogP contribution in [-0.4, -0.2) is 13.0 Å². The number of hydrogen-bond donors (Lipinski definition) is 1. The maximum Gasteiger partial charge on any atom is 0.294 e. The molecule has 1 heterocycles. The van der Waals surface area contributed by atoms with Crippen LogP contribution in [0.2, 0.25) is 0 Å². The highest BCUT2D eigenvalue weighted by atomic mass is 79.9. The molecule has 0 aliphatic carbocycles. The molecule has 0 saturated heterocycles. The van der Waals surface area contributed by atoms with E-state index in [4.69, 9.17) is 4.55 Å². The van der Waals surface area contributed by atoms with Gasteiger partial charge in [0.05, 0.1) is 12.5 Å². The van der Waals surface area contributed by atoms with E-state index >= 15 is 0 Å². The first kappa shape index (κ1) is 16.2. The summed E-state index contributed by atoms with van der Waals surface area (Å²) in [5.41, 5.74) is 2.19. The first-order valence-corrected chi connectivity index (χ1v) is 9.69. The van der Waals surface area contributed by atoms with Gasteiger partial charge in [0.2, 0.25) is 0 Å². The minimum absolute atomic E-state index is 0.0818. The van der Waals surface area contributed by atoms with E-state index < -0.39 is 10.1 Å². The molecule has 0 aliphatic rings. The zero-order chi connectivity index (χ0) is 14.9. The smallest absolute Gasteiger partial charge is 0.282 e. The molecule has 108 valence electrons. The van der Waals surface area contributed by atoms with Crippen LogP contribution in [0.15, 0.2) is 42.8 Å². The van der Waals surface area contributed by atoms with Gasteiger partial charge in [0, 0.05) is 5.92 Å². The summed E-state index contributed by atoms with van der Waals surface area (Å²) in [7, 11) is -4.14. The monoisotopic (exact) mass is 438 g/mol. The Kier molecular flexibility index (Phi) is 5.07. The molecule has 1 aromatic heterocycles. The van der Waals surface area contributed by atoms with Crippen molar-refractivity contribution in [2.45, 2.75) is 24.2 Å². The number of rotatable bonds is 4. The molecule has 2 aromatic rings. The molecule has 2 rings (SSSR count). The molecular formula is C13H12Br2O3S2. The molecule has 0 fully saturated rings. The maximum absolute atomic E-state index is 11.1.